The number of carbonyl (C=O) groups is 2. The second kappa shape index (κ2) is 9.17. The second-order valence-corrected chi connectivity index (χ2v) is 8.04. The van der Waals surface area contributed by atoms with Gasteiger partial charge in [0.15, 0.2) is 0 Å². The Morgan fingerprint density at radius 2 is 2.10 bits per heavy atom. The van der Waals surface area contributed by atoms with E-state index in [0.717, 1.165) is 42.2 Å². The number of aromatic nitrogens is 1. The van der Waals surface area contributed by atoms with Gasteiger partial charge in [0.2, 0.25) is 5.91 Å². The lowest BCUT2D eigenvalue weighted by atomic mass is 10.1. The molecular weight excluding hydrogens is 404 g/mol. The quantitative estimate of drug-likeness (QED) is 0.641. The molecule has 2 aliphatic rings. The van der Waals surface area contributed by atoms with Crippen molar-refractivity contribution in [3.63, 3.8) is 0 Å². The number of fused-ring (bicyclic) bond motifs is 5. The van der Waals surface area contributed by atoms with Crippen molar-refractivity contribution < 1.29 is 19.4 Å². The predicted octanol–water partition coefficient (Wildman–Crippen LogP) is 3.26. The van der Waals surface area contributed by atoms with E-state index in [1.165, 1.54) is 23.9 Å². The van der Waals surface area contributed by atoms with Gasteiger partial charge in [-0.3, -0.25) is 9.79 Å². The lowest BCUT2D eigenvalue weighted by Crippen LogP contribution is -2.27. The number of nitrogens with one attached hydrogen (secondary N) is 2. The number of carboxylic acids is 1. The van der Waals surface area contributed by atoms with Crippen LogP contribution in [0.2, 0.25) is 0 Å². The number of hydrogen-bond donors (Lipinski definition) is 3. The molecule has 2 aliphatic heterocycles. The summed E-state index contributed by atoms with van der Waals surface area (Å²) in [5.74, 6) is 0.412. The second-order valence-electron chi connectivity index (χ2n) is 7.03. The van der Waals surface area contributed by atoms with Crippen LogP contribution in [0.3, 0.4) is 0 Å². The summed E-state index contributed by atoms with van der Waals surface area (Å²) >= 11 is 1.52. The van der Waals surface area contributed by atoms with Crippen molar-refractivity contribution in [2.75, 3.05) is 29.5 Å². The van der Waals surface area contributed by atoms with Crippen LogP contribution < -0.4 is 15.4 Å². The number of aromatic carboxylic acids is 1. The van der Waals surface area contributed by atoms with Crippen molar-refractivity contribution >= 4 is 40.2 Å². The number of rotatable bonds is 1. The van der Waals surface area contributed by atoms with Crippen molar-refractivity contribution in [1.29, 1.82) is 0 Å². The van der Waals surface area contributed by atoms with Crippen molar-refractivity contribution in [3.8, 4) is 5.75 Å². The van der Waals surface area contributed by atoms with Crippen molar-refractivity contribution in [1.82, 2.24) is 4.98 Å². The molecule has 4 rings (SSSR count). The Morgan fingerprint density at radius 3 is 2.97 bits per heavy atom. The largest absolute Gasteiger partial charge is 0.491 e. The Labute approximate surface area is 178 Å². The molecule has 3 heterocycles. The molecule has 0 aliphatic carbocycles. The number of thioether (sulfide) groups is 1. The molecule has 2 aromatic rings. The summed E-state index contributed by atoms with van der Waals surface area (Å²) in [5.41, 5.74) is 1.36. The summed E-state index contributed by atoms with van der Waals surface area (Å²) in [5, 5.41) is 16.2. The fourth-order valence-corrected chi connectivity index (χ4v) is 4.27. The number of carboxylic acid groups (broad SMARTS) is 1. The molecule has 156 valence electrons. The molecule has 0 saturated carbocycles. The standard InChI is InChI=1S/C21H22N4O4S/c26-19-16-12-30-20(25-16)13-6-8-23-18(11-13)22-7-2-1-3-9-29-17-5-4-14(21(27)28)10-15(17)24-19/h4-6,8,10-11,16H,1-3,7,9,12H2,(H,22,23)(H,24,26)(H,27,28). The van der Waals surface area contributed by atoms with Crippen LogP contribution in [0.1, 0.15) is 35.2 Å². The number of pyridine rings is 1. The van der Waals surface area contributed by atoms with Gasteiger partial charge in [-0.1, -0.05) is 0 Å². The zero-order valence-electron chi connectivity index (χ0n) is 16.3. The number of amides is 1. The van der Waals surface area contributed by atoms with E-state index in [0.29, 0.717) is 23.8 Å². The maximum Gasteiger partial charge on any atom is 0.335 e. The number of ether oxygens (including phenoxy) is 1. The Kier molecular flexibility index (Phi) is 6.18. The summed E-state index contributed by atoms with van der Waals surface area (Å²) < 4.78 is 5.83. The minimum atomic E-state index is -1.06. The Morgan fingerprint density at radius 1 is 1.20 bits per heavy atom. The first kappa shape index (κ1) is 20.2. The van der Waals surface area contributed by atoms with Gasteiger partial charge in [-0.15, -0.1) is 11.8 Å². The summed E-state index contributed by atoms with van der Waals surface area (Å²) in [4.78, 5) is 33.1. The summed E-state index contributed by atoms with van der Waals surface area (Å²) in [7, 11) is 0. The van der Waals surface area contributed by atoms with Gasteiger partial charge >= 0.3 is 5.97 Å². The van der Waals surface area contributed by atoms with Gasteiger partial charge in [-0.25, -0.2) is 9.78 Å². The highest BCUT2D eigenvalue weighted by Gasteiger charge is 2.27. The molecule has 3 N–H and O–H groups in total. The van der Waals surface area contributed by atoms with Crippen LogP contribution in [0.5, 0.6) is 5.75 Å². The molecule has 1 unspecified atom stereocenters. The fourth-order valence-electron chi connectivity index (χ4n) is 3.23. The summed E-state index contributed by atoms with van der Waals surface area (Å²) in [6, 6.07) is 7.75. The molecule has 4 bridgehead atoms. The van der Waals surface area contributed by atoms with Gasteiger partial charge in [-0.2, -0.15) is 0 Å². The third-order valence-electron chi connectivity index (χ3n) is 4.83. The third-order valence-corrected chi connectivity index (χ3v) is 5.93. The predicted molar refractivity (Wildman–Crippen MR) is 117 cm³/mol. The maximum atomic E-state index is 12.8. The van der Waals surface area contributed by atoms with Crippen LogP contribution in [0, 0.1) is 0 Å². The minimum Gasteiger partial charge on any atom is -0.491 e. The molecule has 30 heavy (non-hydrogen) atoms. The van der Waals surface area contributed by atoms with Crippen LogP contribution in [-0.4, -0.2) is 52.0 Å². The molecule has 0 spiro atoms. The molecule has 0 radical (unpaired) electrons. The zero-order valence-corrected chi connectivity index (χ0v) is 17.1. The monoisotopic (exact) mass is 426 g/mol. The highest BCUT2D eigenvalue weighted by atomic mass is 32.2. The van der Waals surface area contributed by atoms with Gasteiger partial charge < -0.3 is 20.5 Å². The van der Waals surface area contributed by atoms with Crippen molar-refractivity contribution in [2.24, 2.45) is 4.99 Å². The lowest BCUT2D eigenvalue weighted by Gasteiger charge is -2.15. The van der Waals surface area contributed by atoms with Gasteiger partial charge in [0.05, 0.1) is 22.9 Å². The van der Waals surface area contributed by atoms with Crippen molar-refractivity contribution in [2.45, 2.75) is 25.3 Å². The van der Waals surface area contributed by atoms with E-state index in [1.807, 2.05) is 12.1 Å². The van der Waals surface area contributed by atoms with Crippen molar-refractivity contribution in [3.05, 3.63) is 47.7 Å². The number of carbonyl (C=O) groups excluding carboxylic acids is 1. The molecule has 0 fully saturated rings. The SMILES string of the molecule is O=C(O)c1ccc2c(c1)NC(=O)C1CSC(=N1)c1ccnc(c1)NCCCCCO2. The zero-order chi connectivity index (χ0) is 20.9. The summed E-state index contributed by atoms with van der Waals surface area (Å²) in [6.07, 6.45) is 4.51. The highest BCUT2D eigenvalue weighted by molar-refractivity contribution is 8.14. The third kappa shape index (κ3) is 4.73. The molecule has 9 heteroatoms. The number of benzene rings is 1. The first-order chi connectivity index (χ1) is 14.6. The number of aliphatic imine (C=N–C) groups is 1. The van der Waals surface area contributed by atoms with E-state index in [4.69, 9.17) is 4.74 Å². The van der Waals surface area contributed by atoms with Gasteiger partial charge in [0.25, 0.3) is 0 Å². The van der Waals surface area contributed by atoms with Gasteiger partial charge in [0, 0.05) is 24.1 Å². The average Bonchev–Trinajstić information content (AvgIpc) is 3.24. The Balaban J connectivity index is 1.63. The molecule has 8 nitrogen and oxygen atoms in total. The lowest BCUT2D eigenvalue weighted by molar-refractivity contribution is -0.116. The van der Waals surface area contributed by atoms with Gasteiger partial charge in [-0.05, 0) is 49.6 Å². The maximum absolute atomic E-state index is 12.8. The first-order valence-electron chi connectivity index (χ1n) is 9.82. The Bertz CT molecular complexity index is 995. The summed E-state index contributed by atoms with van der Waals surface area (Å²) in [6.45, 7) is 1.28. The number of nitrogens with zero attached hydrogens (tertiary/aromatic N) is 2. The smallest absolute Gasteiger partial charge is 0.335 e. The molecule has 0 saturated heterocycles. The van der Waals surface area contributed by atoms with E-state index in [-0.39, 0.29) is 11.5 Å². The van der Waals surface area contributed by atoms with Crippen LogP contribution in [0.15, 0.2) is 41.5 Å². The van der Waals surface area contributed by atoms with E-state index in [1.54, 1.807) is 12.3 Å². The van der Waals surface area contributed by atoms with Crippen LogP contribution in [0.4, 0.5) is 11.5 Å². The van der Waals surface area contributed by atoms with E-state index < -0.39 is 12.0 Å². The molecular formula is C21H22N4O4S. The first-order valence-corrected chi connectivity index (χ1v) is 10.8. The number of hydrogen-bond acceptors (Lipinski definition) is 7. The highest BCUT2D eigenvalue weighted by Crippen LogP contribution is 2.29. The average molecular weight is 426 g/mol. The van der Waals surface area contributed by atoms with Gasteiger partial charge in [0.1, 0.15) is 17.6 Å². The Hall–Kier alpha value is -3.07. The fraction of sp³-hybridized carbons (Fsp3) is 0.333. The topological polar surface area (TPSA) is 113 Å². The van der Waals surface area contributed by atoms with E-state index >= 15 is 0 Å². The molecule has 1 aromatic carbocycles. The minimum absolute atomic E-state index is 0.0870. The van der Waals surface area contributed by atoms with E-state index in [9.17, 15) is 14.7 Å². The molecule has 1 aromatic heterocycles. The van der Waals surface area contributed by atoms with Crippen LogP contribution in [-0.2, 0) is 4.79 Å². The number of anilines is 2. The van der Waals surface area contributed by atoms with Crippen LogP contribution in [0.25, 0.3) is 0 Å². The normalized spacial score (nSPS) is 19.4. The molecule has 1 atom stereocenters. The van der Waals surface area contributed by atoms with Crippen LogP contribution >= 0.6 is 11.8 Å². The van der Waals surface area contributed by atoms with E-state index in [2.05, 4.69) is 20.6 Å². The molecule has 1 amide bonds.